The standard InChI is InChI=1S/C15H18FN3O.ClH/c1-9-5-6-10(8-13(9)16)14-18-15(20-19-14)11-3-2-4-12(17)7-11;/h5-6,8,11-12H,2-4,7,17H2,1H3;1H. The van der Waals surface area contributed by atoms with Gasteiger partial charge in [0, 0.05) is 17.5 Å². The summed E-state index contributed by atoms with van der Waals surface area (Å²) in [5.41, 5.74) is 7.23. The van der Waals surface area contributed by atoms with Crippen molar-refractivity contribution in [3.63, 3.8) is 0 Å². The van der Waals surface area contributed by atoms with Crippen LogP contribution in [-0.2, 0) is 0 Å². The third kappa shape index (κ3) is 3.41. The SMILES string of the molecule is Cc1ccc(-c2noc(C3CCCC(N)C3)n2)cc1F.Cl. The van der Waals surface area contributed by atoms with Gasteiger partial charge in [-0.1, -0.05) is 23.7 Å². The lowest BCUT2D eigenvalue weighted by Crippen LogP contribution is -2.26. The maximum atomic E-state index is 13.6. The van der Waals surface area contributed by atoms with E-state index in [0.717, 1.165) is 25.7 Å². The third-order valence-electron chi connectivity index (χ3n) is 3.94. The van der Waals surface area contributed by atoms with Crippen LogP contribution in [0.2, 0.25) is 0 Å². The number of rotatable bonds is 2. The van der Waals surface area contributed by atoms with Crippen molar-refractivity contribution in [2.24, 2.45) is 5.73 Å². The summed E-state index contributed by atoms with van der Waals surface area (Å²) in [6, 6.07) is 5.17. The molecule has 2 aromatic rings. The Hall–Kier alpha value is -1.46. The highest BCUT2D eigenvalue weighted by Crippen LogP contribution is 2.32. The second-order valence-electron chi connectivity index (χ2n) is 5.54. The summed E-state index contributed by atoms with van der Waals surface area (Å²) in [7, 11) is 0. The number of hydrogen-bond acceptors (Lipinski definition) is 4. The quantitative estimate of drug-likeness (QED) is 0.920. The Labute approximate surface area is 129 Å². The first kappa shape index (κ1) is 15.9. The van der Waals surface area contributed by atoms with E-state index in [9.17, 15) is 4.39 Å². The first-order valence-corrected chi connectivity index (χ1v) is 6.99. The van der Waals surface area contributed by atoms with Crippen molar-refractivity contribution in [3.8, 4) is 11.4 Å². The van der Waals surface area contributed by atoms with Crippen LogP contribution in [0.1, 0.15) is 43.1 Å². The topological polar surface area (TPSA) is 64.9 Å². The minimum absolute atomic E-state index is 0. The highest BCUT2D eigenvalue weighted by Gasteiger charge is 2.25. The Balaban J connectivity index is 0.00000161. The van der Waals surface area contributed by atoms with E-state index >= 15 is 0 Å². The molecular weight excluding hydrogens is 293 g/mol. The molecule has 1 saturated carbocycles. The molecule has 0 saturated heterocycles. The Morgan fingerprint density at radius 3 is 2.86 bits per heavy atom. The van der Waals surface area contributed by atoms with Crippen LogP contribution in [0, 0.1) is 12.7 Å². The highest BCUT2D eigenvalue weighted by atomic mass is 35.5. The van der Waals surface area contributed by atoms with Crippen molar-refractivity contribution in [3.05, 3.63) is 35.5 Å². The average molecular weight is 312 g/mol. The Morgan fingerprint density at radius 1 is 1.33 bits per heavy atom. The van der Waals surface area contributed by atoms with Crippen molar-refractivity contribution in [2.45, 2.75) is 44.6 Å². The zero-order valence-corrected chi connectivity index (χ0v) is 12.7. The van der Waals surface area contributed by atoms with Gasteiger partial charge in [-0.2, -0.15) is 4.98 Å². The molecule has 0 amide bonds. The van der Waals surface area contributed by atoms with Gasteiger partial charge in [-0.05, 0) is 37.8 Å². The first-order chi connectivity index (χ1) is 9.63. The van der Waals surface area contributed by atoms with Gasteiger partial charge in [-0.15, -0.1) is 12.4 Å². The van der Waals surface area contributed by atoms with Crippen molar-refractivity contribution in [1.82, 2.24) is 10.1 Å². The van der Waals surface area contributed by atoms with Crippen LogP contribution in [0.4, 0.5) is 4.39 Å². The van der Waals surface area contributed by atoms with Crippen molar-refractivity contribution in [1.29, 1.82) is 0 Å². The maximum Gasteiger partial charge on any atom is 0.230 e. The molecule has 2 atom stereocenters. The molecule has 1 aliphatic rings. The van der Waals surface area contributed by atoms with Crippen molar-refractivity contribution >= 4 is 12.4 Å². The van der Waals surface area contributed by atoms with Crippen LogP contribution >= 0.6 is 12.4 Å². The van der Waals surface area contributed by atoms with Gasteiger partial charge in [0.15, 0.2) is 0 Å². The molecule has 1 fully saturated rings. The lowest BCUT2D eigenvalue weighted by atomic mass is 9.86. The summed E-state index contributed by atoms with van der Waals surface area (Å²) >= 11 is 0. The predicted molar refractivity (Wildman–Crippen MR) is 80.9 cm³/mol. The van der Waals surface area contributed by atoms with Gasteiger partial charge in [-0.25, -0.2) is 4.39 Å². The molecule has 0 aliphatic heterocycles. The summed E-state index contributed by atoms with van der Waals surface area (Å²) in [5.74, 6) is 1.04. The molecular formula is C15H19ClFN3O. The maximum absolute atomic E-state index is 13.6. The summed E-state index contributed by atoms with van der Waals surface area (Å²) in [5, 5.41) is 3.96. The fourth-order valence-corrected chi connectivity index (χ4v) is 2.70. The lowest BCUT2D eigenvalue weighted by Gasteiger charge is -2.23. The number of hydrogen-bond donors (Lipinski definition) is 1. The van der Waals surface area contributed by atoms with E-state index in [0.29, 0.717) is 22.8 Å². The van der Waals surface area contributed by atoms with Crippen LogP contribution in [-0.4, -0.2) is 16.2 Å². The van der Waals surface area contributed by atoms with Crippen LogP contribution < -0.4 is 5.73 Å². The lowest BCUT2D eigenvalue weighted by molar-refractivity contribution is 0.299. The van der Waals surface area contributed by atoms with Crippen LogP contribution in [0.15, 0.2) is 22.7 Å². The van der Waals surface area contributed by atoms with Gasteiger partial charge in [0.1, 0.15) is 5.82 Å². The average Bonchev–Trinajstić information content (AvgIpc) is 2.92. The molecule has 3 rings (SSSR count). The molecule has 114 valence electrons. The van der Waals surface area contributed by atoms with E-state index in [4.69, 9.17) is 10.3 Å². The second kappa shape index (κ2) is 6.54. The van der Waals surface area contributed by atoms with Crippen LogP contribution in [0.5, 0.6) is 0 Å². The molecule has 1 aliphatic carbocycles. The van der Waals surface area contributed by atoms with E-state index in [1.165, 1.54) is 6.07 Å². The van der Waals surface area contributed by atoms with Gasteiger partial charge < -0.3 is 10.3 Å². The molecule has 21 heavy (non-hydrogen) atoms. The molecule has 6 heteroatoms. The second-order valence-corrected chi connectivity index (χ2v) is 5.54. The monoisotopic (exact) mass is 311 g/mol. The van der Waals surface area contributed by atoms with Crippen molar-refractivity contribution < 1.29 is 8.91 Å². The van der Waals surface area contributed by atoms with Gasteiger partial charge in [0.2, 0.25) is 11.7 Å². The van der Waals surface area contributed by atoms with E-state index in [2.05, 4.69) is 10.1 Å². The van der Waals surface area contributed by atoms with E-state index in [-0.39, 0.29) is 30.2 Å². The van der Waals surface area contributed by atoms with Gasteiger partial charge >= 0.3 is 0 Å². The first-order valence-electron chi connectivity index (χ1n) is 6.99. The van der Waals surface area contributed by atoms with Gasteiger partial charge in [-0.3, -0.25) is 0 Å². The Kier molecular flexibility index (Phi) is 4.96. The Morgan fingerprint density at radius 2 is 2.14 bits per heavy atom. The Bertz CT molecular complexity index is 617. The minimum atomic E-state index is -0.256. The van der Waals surface area contributed by atoms with E-state index in [1.807, 2.05) is 0 Å². The molecule has 1 heterocycles. The number of benzene rings is 1. The molecule has 4 nitrogen and oxygen atoms in total. The van der Waals surface area contributed by atoms with Crippen LogP contribution in [0.3, 0.4) is 0 Å². The summed E-state index contributed by atoms with van der Waals surface area (Å²) in [6.45, 7) is 1.73. The molecule has 0 spiro atoms. The number of aromatic nitrogens is 2. The normalized spacial score (nSPS) is 21.9. The summed E-state index contributed by atoms with van der Waals surface area (Å²) in [6.07, 6.45) is 4.05. The zero-order chi connectivity index (χ0) is 14.1. The van der Waals surface area contributed by atoms with Crippen molar-refractivity contribution in [2.75, 3.05) is 0 Å². The largest absolute Gasteiger partial charge is 0.339 e. The zero-order valence-electron chi connectivity index (χ0n) is 11.9. The number of aryl methyl sites for hydroxylation is 1. The fraction of sp³-hybridized carbons (Fsp3) is 0.467. The summed E-state index contributed by atoms with van der Waals surface area (Å²) < 4.78 is 18.9. The van der Waals surface area contributed by atoms with Gasteiger partial charge in [0.05, 0.1) is 0 Å². The molecule has 2 N–H and O–H groups in total. The van der Waals surface area contributed by atoms with E-state index in [1.54, 1.807) is 19.1 Å². The van der Waals surface area contributed by atoms with E-state index < -0.39 is 0 Å². The highest BCUT2D eigenvalue weighted by molar-refractivity contribution is 5.85. The predicted octanol–water partition coefficient (Wildman–Crippen LogP) is 3.59. The van der Waals surface area contributed by atoms with Crippen LogP contribution in [0.25, 0.3) is 11.4 Å². The van der Waals surface area contributed by atoms with Gasteiger partial charge in [0.25, 0.3) is 0 Å². The molecule has 1 aromatic carbocycles. The number of nitrogens with zero attached hydrogens (tertiary/aromatic N) is 2. The minimum Gasteiger partial charge on any atom is -0.339 e. The molecule has 2 unspecified atom stereocenters. The molecule has 0 bridgehead atoms. The fourth-order valence-electron chi connectivity index (χ4n) is 2.70. The molecule has 1 aromatic heterocycles. The number of halogens is 2. The summed E-state index contributed by atoms with van der Waals surface area (Å²) in [4.78, 5) is 4.41. The molecule has 0 radical (unpaired) electrons. The third-order valence-corrected chi connectivity index (χ3v) is 3.94. The number of nitrogens with two attached hydrogens (primary N) is 1. The smallest absolute Gasteiger partial charge is 0.230 e.